The molecule has 0 saturated carbocycles. The second kappa shape index (κ2) is 7.00. The average Bonchev–Trinajstić information content (AvgIpc) is 3.23. The Kier molecular flexibility index (Phi) is 4.78. The molecule has 0 radical (unpaired) electrons. The first-order chi connectivity index (χ1) is 12.0. The van der Waals surface area contributed by atoms with Gasteiger partial charge in [-0.1, -0.05) is 0 Å². The molecule has 1 N–H and O–H groups in total. The molecular weight excluding hydrogens is 326 g/mol. The van der Waals surface area contributed by atoms with Gasteiger partial charge in [-0.05, 0) is 24.6 Å². The Bertz CT molecular complexity index is 690. The molecule has 0 bridgehead atoms. The molecule has 1 aromatic carbocycles. The Balaban J connectivity index is 1.68. The summed E-state index contributed by atoms with van der Waals surface area (Å²) >= 11 is 0. The molecule has 2 aliphatic rings. The van der Waals surface area contributed by atoms with Crippen molar-refractivity contribution in [2.24, 2.45) is 0 Å². The first-order valence-electron chi connectivity index (χ1n) is 8.11. The predicted molar refractivity (Wildman–Crippen MR) is 88.6 cm³/mol. The summed E-state index contributed by atoms with van der Waals surface area (Å²) in [6, 6.07) is 5.10. The minimum atomic E-state index is -0.511. The number of hydrogen-bond donors (Lipinski definition) is 1. The topological polar surface area (TPSA) is 88.2 Å². The van der Waals surface area contributed by atoms with Gasteiger partial charge in [-0.2, -0.15) is 0 Å². The third kappa shape index (κ3) is 3.38. The summed E-state index contributed by atoms with van der Waals surface area (Å²) in [7, 11) is 3.22. The Morgan fingerprint density at radius 3 is 2.72 bits per heavy atom. The fourth-order valence-electron chi connectivity index (χ4n) is 3.25. The van der Waals surface area contributed by atoms with Gasteiger partial charge in [-0.25, -0.2) is 4.79 Å². The number of imide groups is 1. The highest BCUT2D eigenvalue weighted by Crippen LogP contribution is 2.36. The Morgan fingerprint density at radius 1 is 1.28 bits per heavy atom. The number of methoxy groups -OCH3 is 2. The monoisotopic (exact) mass is 347 g/mol. The summed E-state index contributed by atoms with van der Waals surface area (Å²) in [5.41, 5.74) is 0.993. The minimum absolute atomic E-state index is 0.0459. The van der Waals surface area contributed by atoms with Crippen LogP contribution in [0.5, 0.6) is 11.5 Å². The molecule has 2 heterocycles. The molecule has 8 nitrogen and oxygen atoms in total. The molecule has 4 amide bonds. The standard InChI is InChI=1S/C17H21N3O5/c1-24-12-3-4-14(25-2)13(7-12)11-5-6-19(9-11)16(22)10-20-15(21)8-18-17(20)23/h3-4,7,11H,5-6,8-10H2,1-2H3,(H,18,23)/t11-/m0/s1. The van der Waals surface area contributed by atoms with Crippen molar-refractivity contribution in [3.05, 3.63) is 23.8 Å². The predicted octanol–water partition coefficient (Wildman–Crippen LogP) is 0.571. The highest BCUT2D eigenvalue weighted by molar-refractivity contribution is 6.04. The maximum Gasteiger partial charge on any atom is 0.325 e. The van der Waals surface area contributed by atoms with Gasteiger partial charge in [0.05, 0.1) is 20.8 Å². The number of hydrogen-bond acceptors (Lipinski definition) is 5. The van der Waals surface area contributed by atoms with E-state index in [4.69, 9.17) is 9.47 Å². The number of benzene rings is 1. The van der Waals surface area contributed by atoms with Gasteiger partial charge in [-0.15, -0.1) is 0 Å². The summed E-state index contributed by atoms with van der Waals surface area (Å²) in [4.78, 5) is 38.3. The molecule has 0 aromatic heterocycles. The van der Waals surface area contributed by atoms with Crippen molar-refractivity contribution in [2.45, 2.75) is 12.3 Å². The van der Waals surface area contributed by atoms with Crippen LogP contribution in [0.2, 0.25) is 0 Å². The zero-order chi connectivity index (χ0) is 18.0. The average molecular weight is 347 g/mol. The van der Waals surface area contributed by atoms with Crippen molar-refractivity contribution < 1.29 is 23.9 Å². The van der Waals surface area contributed by atoms with Gasteiger partial charge in [0.25, 0.3) is 5.91 Å². The van der Waals surface area contributed by atoms with Gasteiger partial charge in [0, 0.05) is 24.6 Å². The molecule has 2 saturated heterocycles. The molecule has 0 unspecified atom stereocenters. The number of urea groups is 1. The highest BCUT2D eigenvalue weighted by atomic mass is 16.5. The largest absolute Gasteiger partial charge is 0.497 e. The fraction of sp³-hybridized carbons (Fsp3) is 0.471. The number of nitrogens with zero attached hydrogens (tertiary/aromatic N) is 2. The third-order valence-corrected chi connectivity index (χ3v) is 4.65. The first-order valence-corrected chi connectivity index (χ1v) is 8.11. The lowest BCUT2D eigenvalue weighted by atomic mass is 9.97. The van der Waals surface area contributed by atoms with E-state index >= 15 is 0 Å². The normalized spacial score (nSPS) is 20.0. The van der Waals surface area contributed by atoms with Crippen LogP contribution in [-0.4, -0.2) is 68.0 Å². The van der Waals surface area contributed by atoms with Crippen LogP contribution in [0.15, 0.2) is 18.2 Å². The molecule has 25 heavy (non-hydrogen) atoms. The molecule has 1 aromatic rings. The number of rotatable bonds is 5. The van der Waals surface area contributed by atoms with E-state index in [2.05, 4.69) is 5.32 Å². The zero-order valence-corrected chi connectivity index (χ0v) is 14.3. The Labute approximate surface area is 145 Å². The van der Waals surface area contributed by atoms with Crippen molar-refractivity contribution in [1.29, 1.82) is 0 Å². The van der Waals surface area contributed by atoms with Gasteiger partial charge in [-0.3, -0.25) is 14.5 Å². The summed E-state index contributed by atoms with van der Waals surface area (Å²) < 4.78 is 10.7. The van der Waals surface area contributed by atoms with E-state index in [1.165, 1.54) is 0 Å². The number of nitrogens with one attached hydrogen (secondary N) is 1. The van der Waals surface area contributed by atoms with E-state index in [-0.39, 0.29) is 30.8 Å². The van der Waals surface area contributed by atoms with Crippen LogP contribution < -0.4 is 14.8 Å². The number of carbonyl (C=O) groups excluding carboxylic acids is 3. The molecule has 3 rings (SSSR count). The number of ether oxygens (including phenoxy) is 2. The second-order valence-electron chi connectivity index (χ2n) is 6.07. The summed E-state index contributed by atoms with van der Waals surface area (Å²) in [6.45, 7) is 0.835. The van der Waals surface area contributed by atoms with E-state index < -0.39 is 6.03 Å². The smallest absolute Gasteiger partial charge is 0.325 e. The quantitative estimate of drug-likeness (QED) is 0.787. The van der Waals surface area contributed by atoms with E-state index in [0.29, 0.717) is 13.1 Å². The van der Waals surface area contributed by atoms with Gasteiger partial charge in [0.2, 0.25) is 5.91 Å². The van der Waals surface area contributed by atoms with Crippen molar-refractivity contribution >= 4 is 17.8 Å². The van der Waals surface area contributed by atoms with Crippen molar-refractivity contribution in [3.63, 3.8) is 0 Å². The molecule has 2 aliphatic heterocycles. The third-order valence-electron chi connectivity index (χ3n) is 4.65. The van der Waals surface area contributed by atoms with Crippen molar-refractivity contribution in [2.75, 3.05) is 40.4 Å². The maximum atomic E-state index is 12.4. The van der Waals surface area contributed by atoms with Gasteiger partial charge >= 0.3 is 6.03 Å². The first kappa shape index (κ1) is 17.1. The van der Waals surface area contributed by atoms with Crippen LogP contribution in [-0.2, 0) is 9.59 Å². The van der Waals surface area contributed by atoms with Gasteiger partial charge in [0.15, 0.2) is 0 Å². The SMILES string of the molecule is COc1ccc(OC)c([C@H]2CCN(C(=O)CN3C(=O)CNC3=O)C2)c1. The van der Waals surface area contributed by atoms with Crippen LogP contribution in [0.25, 0.3) is 0 Å². The van der Waals surface area contributed by atoms with Crippen LogP contribution >= 0.6 is 0 Å². The van der Waals surface area contributed by atoms with Gasteiger partial charge in [0.1, 0.15) is 18.0 Å². The van der Waals surface area contributed by atoms with E-state index in [9.17, 15) is 14.4 Å². The second-order valence-corrected chi connectivity index (χ2v) is 6.07. The molecule has 8 heteroatoms. The van der Waals surface area contributed by atoms with Crippen LogP contribution in [0, 0.1) is 0 Å². The molecular formula is C17H21N3O5. The summed E-state index contributed by atoms with van der Waals surface area (Å²) in [6.07, 6.45) is 0.787. The summed E-state index contributed by atoms with van der Waals surface area (Å²) in [5, 5.41) is 2.41. The number of likely N-dealkylation sites (tertiary alicyclic amines) is 1. The number of carbonyl (C=O) groups is 3. The van der Waals surface area contributed by atoms with Crippen LogP contribution in [0.3, 0.4) is 0 Å². The highest BCUT2D eigenvalue weighted by Gasteiger charge is 2.34. The Hall–Kier alpha value is -2.77. The Morgan fingerprint density at radius 2 is 2.08 bits per heavy atom. The number of amides is 4. The van der Waals surface area contributed by atoms with Crippen molar-refractivity contribution in [1.82, 2.24) is 15.1 Å². The lowest BCUT2D eigenvalue weighted by Crippen LogP contribution is -2.42. The molecule has 0 aliphatic carbocycles. The van der Waals surface area contributed by atoms with E-state index in [1.807, 2.05) is 18.2 Å². The van der Waals surface area contributed by atoms with E-state index in [0.717, 1.165) is 28.4 Å². The maximum absolute atomic E-state index is 12.4. The summed E-state index contributed by atoms with van der Waals surface area (Å²) in [5.74, 6) is 1.02. The lowest BCUT2D eigenvalue weighted by molar-refractivity contribution is -0.135. The molecule has 0 spiro atoms. The zero-order valence-electron chi connectivity index (χ0n) is 14.3. The minimum Gasteiger partial charge on any atom is -0.497 e. The molecule has 1 atom stereocenters. The van der Waals surface area contributed by atoms with Crippen molar-refractivity contribution in [3.8, 4) is 11.5 Å². The van der Waals surface area contributed by atoms with Crippen LogP contribution in [0.1, 0.15) is 17.9 Å². The molecule has 2 fully saturated rings. The van der Waals surface area contributed by atoms with Crippen LogP contribution in [0.4, 0.5) is 4.79 Å². The molecule has 134 valence electrons. The fourth-order valence-corrected chi connectivity index (χ4v) is 3.25. The lowest BCUT2D eigenvalue weighted by Gasteiger charge is -2.20. The van der Waals surface area contributed by atoms with E-state index in [1.54, 1.807) is 19.1 Å². The van der Waals surface area contributed by atoms with Gasteiger partial charge < -0.3 is 19.7 Å².